The fraction of sp³-hybridized carbons (Fsp3) is 0.333. The third kappa shape index (κ3) is 2.92. The first-order chi connectivity index (χ1) is 7.08. The Hall–Kier alpha value is -1.61. The van der Waals surface area contributed by atoms with E-state index in [-0.39, 0.29) is 22.9 Å². The van der Waals surface area contributed by atoms with Crippen LogP contribution in [-0.2, 0) is 9.84 Å². The third-order valence-corrected chi connectivity index (χ3v) is 3.55. The van der Waals surface area contributed by atoms with Gasteiger partial charge in [-0.15, -0.1) is 0 Å². The van der Waals surface area contributed by atoms with Crippen LogP contribution in [-0.4, -0.2) is 19.2 Å². The number of anilines is 1. The smallest absolute Gasteiger partial charge is 0.197 e. The van der Waals surface area contributed by atoms with Crippen molar-refractivity contribution in [3.8, 4) is 6.07 Å². The molecule has 0 bridgehead atoms. The van der Waals surface area contributed by atoms with Crippen LogP contribution < -0.4 is 5.73 Å². The van der Waals surface area contributed by atoms with Gasteiger partial charge in [0.2, 0.25) is 0 Å². The van der Waals surface area contributed by atoms with Crippen LogP contribution in [0.25, 0.3) is 0 Å². The Kier molecular flexibility index (Phi) is 3.63. The lowest BCUT2D eigenvalue weighted by Crippen LogP contribution is -2.11. The Balaban J connectivity index is 2.88. The van der Waals surface area contributed by atoms with Gasteiger partial charge in [-0.2, -0.15) is 5.26 Å². The first-order valence-electron chi connectivity index (χ1n) is 4.38. The van der Waals surface area contributed by atoms with Crippen molar-refractivity contribution >= 4 is 15.5 Å². The van der Waals surface area contributed by atoms with Crippen molar-refractivity contribution in [3.63, 3.8) is 0 Å². The monoisotopic (exact) mass is 225 g/mol. The molecule has 0 amide bonds. The summed E-state index contributed by atoms with van der Waals surface area (Å²) in [6, 6.07) is 4.95. The predicted octanol–water partition coefficient (Wildman–Crippen LogP) is 0.741. The standard InChI is InChI=1S/C9H11N3O2S/c10-5-1-2-7-15(13,14)9-8(11)4-3-6-12-9/h3-4,6H,1-2,7,11H2. The molecule has 2 N–H and O–H groups in total. The highest BCUT2D eigenvalue weighted by Crippen LogP contribution is 2.16. The Morgan fingerprint density at radius 2 is 2.27 bits per heavy atom. The molecule has 0 aromatic carbocycles. The SMILES string of the molecule is N#CCCCS(=O)(=O)c1ncccc1N. The van der Waals surface area contributed by atoms with Crippen molar-refractivity contribution < 1.29 is 8.42 Å². The minimum absolute atomic E-state index is 0.0945. The number of nitriles is 1. The minimum atomic E-state index is -3.45. The molecule has 1 aromatic rings. The molecule has 80 valence electrons. The molecule has 0 fully saturated rings. The molecule has 0 spiro atoms. The first kappa shape index (κ1) is 11.5. The number of aromatic nitrogens is 1. The number of nitrogen functional groups attached to an aromatic ring is 1. The molecular weight excluding hydrogens is 214 g/mol. The molecule has 0 unspecified atom stereocenters. The van der Waals surface area contributed by atoms with E-state index in [1.54, 1.807) is 6.07 Å². The zero-order valence-corrected chi connectivity index (χ0v) is 8.87. The molecule has 15 heavy (non-hydrogen) atoms. The van der Waals surface area contributed by atoms with Gasteiger partial charge in [-0.25, -0.2) is 13.4 Å². The highest BCUT2D eigenvalue weighted by molar-refractivity contribution is 7.91. The zero-order valence-electron chi connectivity index (χ0n) is 8.05. The van der Waals surface area contributed by atoms with Gasteiger partial charge in [0.25, 0.3) is 0 Å². The number of hydrogen-bond donors (Lipinski definition) is 1. The third-order valence-electron chi connectivity index (χ3n) is 1.80. The van der Waals surface area contributed by atoms with Gasteiger partial charge in [-0.3, -0.25) is 0 Å². The number of nitrogens with two attached hydrogens (primary N) is 1. The molecule has 1 rings (SSSR count). The molecule has 0 atom stereocenters. The summed E-state index contributed by atoms with van der Waals surface area (Å²) in [7, 11) is -3.45. The van der Waals surface area contributed by atoms with Crippen molar-refractivity contribution in [1.29, 1.82) is 5.26 Å². The van der Waals surface area contributed by atoms with E-state index >= 15 is 0 Å². The second kappa shape index (κ2) is 4.75. The van der Waals surface area contributed by atoms with Crippen LogP contribution >= 0.6 is 0 Å². The van der Waals surface area contributed by atoms with E-state index in [2.05, 4.69) is 4.98 Å². The zero-order chi connectivity index (χ0) is 11.3. The van der Waals surface area contributed by atoms with Gasteiger partial charge in [-0.05, 0) is 18.6 Å². The number of sulfone groups is 1. The van der Waals surface area contributed by atoms with Gasteiger partial charge >= 0.3 is 0 Å². The van der Waals surface area contributed by atoms with Crippen LogP contribution in [0.15, 0.2) is 23.4 Å². The van der Waals surface area contributed by atoms with Gasteiger partial charge in [0.15, 0.2) is 14.9 Å². The second-order valence-electron chi connectivity index (χ2n) is 2.98. The van der Waals surface area contributed by atoms with E-state index in [1.807, 2.05) is 6.07 Å². The van der Waals surface area contributed by atoms with Crippen LogP contribution in [0.3, 0.4) is 0 Å². The van der Waals surface area contributed by atoms with E-state index in [9.17, 15) is 8.42 Å². The molecule has 0 aliphatic carbocycles. The number of nitrogens with zero attached hydrogens (tertiary/aromatic N) is 2. The topological polar surface area (TPSA) is 96.8 Å². The maximum Gasteiger partial charge on any atom is 0.197 e. The van der Waals surface area contributed by atoms with Crippen LogP contribution in [0.5, 0.6) is 0 Å². The van der Waals surface area contributed by atoms with Crippen LogP contribution in [0, 0.1) is 11.3 Å². The summed E-state index contributed by atoms with van der Waals surface area (Å²) < 4.78 is 23.4. The molecular formula is C9H11N3O2S. The lowest BCUT2D eigenvalue weighted by Gasteiger charge is -2.04. The molecule has 1 aromatic heterocycles. The van der Waals surface area contributed by atoms with E-state index in [0.717, 1.165) is 0 Å². The molecule has 0 aliphatic heterocycles. The molecule has 0 radical (unpaired) electrons. The van der Waals surface area contributed by atoms with E-state index in [4.69, 9.17) is 11.0 Å². The summed E-state index contributed by atoms with van der Waals surface area (Å²) in [6.07, 6.45) is 1.90. The van der Waals surface area contributed by atoms with Crippen molar-refractivity contribution in [2.75, 3.05) is 11.5 Å². The average Bonchev–Trinajstić information content (AvgIpc) is 2.18. The number of rotatable bonds is 4. The lowest BCUT2D eigenvalue weighted by molar-refractivity contribution is 0.590. The summed E-state index contributed by atoms with van der Waals surface area (Å²) in [6.45, 7) is 0. The second-order valence-corrected chi connectivity index (χ2v) is 5.00. The summed E-state index contributed by atoms with van der Waals surface area (Å²) in [5.74, 6) is -0.0955. The van der Waals surface area contributed by atoms with Crippen molar-refractivity contribution in [3.05, 3.63) is 18.3 Å². The van der Waals surface area contributed by atoms with E-state index in [1.165, 1.54) is 12.3 Å². The maximum atomic E-state index is 11.7. The summed E-state index contributed by atoms with van der Waals surface area (Å²) in [4.78, 5) is 3.73. The Morgan fingerprint density at radius 3 is 2.87 bits per heavy atom. The van der Waals surface area contributed by atoms with Gasteiger partial charge in [0.05, 0.1) is 17.5 Å². The van der Waals surface area contributed by atoms with Crippen molar-refractivity contribution in [1.82, 2.24) is 4.98 Å². The maximum absolute atomic E-state index is 11.7. The summed E-state index contributed by atoms with van der Waals surface area (Å²) >= 11 is 0. The molecule has 0 aliphatic rings. The first-order valence-corrected chi connectivity index (χ1v) is 6.03. The predicted molar refractivity (Wildman–Crippen MR) is 55.5 cm³/mol. The number of pyridine rings is 1. The normalized spacial score (nSPS) is 10.9. The van der Waals surface area contributed by atoms with Crippen LogP contribution in [0.4, 0.5) is 5.69 Å². The highest BCUT2D eigenvalue weighted by atomic mass is 32.2. The summed E-state index contributed by atoms with van der Waals surface area (Å²) in [5, 5.41) is 8.21. The number of unbranched alkanes of at least 4 members (excludes halogenated alkanes) is 1. The fourth-order valence-electron chi connectivity index (χ4n) is 1.10. The van der Waals surface area contributed by atoms with Gasteiger partial charge in [0.1, 0.15) is 0 Å². The summed E-state index contributed by atoms with van der Waals surface area (Å²) in [5.41, 5.74) is 5.65. The quantitative estimate of drug-likeness (QED) is 0.762. The van der Waals surface area contributed by atoms with E-state index < -0.39 is 9.84 Å². The largest absolute Gasteiger partial charge is 0.396 e. The van der Waals surface area contributed by atoms with Crippen LogP contribution in [0.1, 0.15) is 12.8 Å². The molecule has 1 heterocycles. The Morgan fingerprint density at radius 1 is 1.53 bits per heavy atom. The molecule has 0 saturated carbocycles. The minimum Gasteiger partial charge on any atom is -0.396 e. The average molecular weight is 225 g/mol. The van der Waals surface area contributed by atoms with Gasteiger partial charge < -0.3 is 5.73 Å². The van der Waals surface area contributed by atoms with Gasteiger partial charge in [-0.1, -0.05) is 0 Å². The van der Waals surface area contributed by atoms with Crippen molar-refractivity contribution in [2.24, 2.45) is 0 Å². The number of hydrogen-bond acceptors (Lipinski definition) is 5. The molecule has 5 nitrogen and oxygen atoms in total. The van der Waals surface area contributed by atoms with Crippen LogP contribution in [0.2, 0.25) is 0 Å². The lowest BCUT2D eigenvalue weighted by atomic mass is 10.4. The van der Waals surface area contributed by atoms with Gasteiger partial charge in [0, 0.05) is 12.6 Å². The molecule has 0 saturated heterocycles. The fourth-order valence-corrected chi connectivity index (χ4v) is 2.47. The van der Waals surface area contributed by atoms with E-state index in [0.29, 0.717) is 6.42 Å². The highest BCUT2D eigenvalue weighted by Gasteiger charge is 2.18. The Labute approximate surface area is 88.5 Å². The molecule has 6 heteroatoms. The Bertz CT molecular complexity index is 476. The van der Waals surface area contributed by atoms with Crippen molar-refractivity contribution in [2.45, 2.75) is 17.9 Å².